The first-order chi connectivity index (χ1) is 13.6. The number of rotatable bonds is 3. The van der Waals surface area contributed by atoms with Gasteiger partial charge in [0.15, 0.2) is 0 Å². The third-order valence-electron chi connectivity index (χ3n) is 4.96. The Morgan fingerprint density at radius 2 is 1.86 bits per heavy atom. The van der Waals surface area contributed by atoms with E-state index in [9.17, 15) is 4.79 Å². The van der Waals surface area contributed by atoms with Gasteiger partial charge in [-0.05, 0) is 57.2 Å². The quantitative estimate of drug-likeness (QED) is 0.581. The van der Waals surface area contributed by atoms with Gasteiger partial charge in [-0.25, -0.2) is 9.97 Å². The van der Waals surface area contributed by atoms with E-state index in [1.165, 1.54) is 5.56 Å². The van der Waals surface area contributed by atoms with Crippen LogP contribution in [0.15, 0.2) is 24.5 Å². The highest BCUT2D eigenvalue weighted by molar-refractivity contribution is 5.71. The van der Waals surface area contributed by atoms with Crippen LogP contribution in [0.2, 0.25) is 0 Å². The molecular weight excluding hydrogens is 364 g/mol. The van der Waals surface area contributed by atoms with Gasteiger partial charge in [0.05, 0.1) is 12.2 Å². The summed E-state index contributed by atoms with van der Waals surface area (Å²) in [5, 5.41) is 0. The van der Waals surface area contributed by atoms with E-state index in [1.54, 1.807) is 19.3 Å². The molecule has 29 heavy (non-hydrogen) atoms. The van der Waals surface area contributed by atoms with Crippen molar-refractivity contribution in [3.8, 4) is 17.6 Å². The molecule has 0 bridgehead atoms. The summed E-state index contributed by atoms with van der Waals surface area (Å²) in [6.07, 6.45) is 4.28. The summed E-state index contributed by atoms with van der Waals surface area (Å²) in [4.78, 5) is 19.9. The van der Waals surface area contributed by atoms with Crippen LogP contribution in [-0.4, -0.2) is 28.1 Å². The lowest BCUT2D eigenvalue weighted by atomic mass is 9.73. The summed E-state index contributed by atoms with van der Waals surface area (Å²) in [5.41, 5.74) is 3.76. The third kappa shape index (κ3) is 4.95. The van der Waals surface area contributed by atoms with Crippen molar-refractivity contribution in [2.75, 3.05) is 6.61 Å². The summed E-state index contributed by atoms with van der Waals surface area (Å²) in [7, 11) is 0. The standard InChI is InChI=1S/C24H28N2O3/c1-7-28-22(27)12-21-25-13-17(14-26-21)8-9-18-11-19-20(10-16(18)2)29-24(5,6)15-23(19,3)4/h10-11,13-14H,7,12,15H2,1-6H3. The SMILES string of the molecule is CCOC(=O)Cc1ncc(C#Cc2cc3c(cc2C)OC(C)(C)CC3(C)C)cn1. The Bertz CT molecular complexity index is 980. The van der Waals surface area contributed by atoms with Crippen LogP contribution in [0, 0.1) is 18.8 Å². The Hall–Kier alpha value is -2.87. The molecule has 1 aliphatic heterocycles. The Kier molecular flexibility index (Phi) is 5.66. The van der Waals surface area contributed by atoms with E-state index >= 15 is 0 Å². The van der Waals surface area contributed by atoms with Gasteiger partial charge in [0.2, 0.25) is 0 Å². The van der Waals surface area contributed by atoms with Gasteiger partial charge in [-0.3, -0.25) is 4.79 Å². The molecule has 3 rings (SSSR count). The maximum absolute atomic E-state index is 11.5. The molecular formula is C24H28N2O3. The van der Waals surface area contributed by atoms with Gasteiger partial charge >= 0.3 is 5.97 Å². The van der Waals surface area contributed by atoms with Crippen molar-refractivity contribution in [3.63, 3.8) is 0 Å². The van der Waals surface area contributed by atoms with Crippen LogP contribution in [0.4, 0.5) is 0 Å². The number of aromatic nitrogens is 2. The molecule has 1 aromatic heterocycles. The number of hydrogen-bond donors (Lipinski definition) is 0. The lowest BCUT2D eigenvalue weighted by Gasteiger charge is -2.42. The summed E-state index contributed by atoms with van der Waals surface area (Å²) >= 11 is 0. The molecule has 0 fully saturated rings. The lowest BCUT2D eigenvalue weighted by Crippen LogP contribution is -2.41. The van der Waals surface area contributed by atoms with E-state index in [0.717, 1.165) is 23.3 Å². The van der Waals surface area contributed by atoms with Gasteiger partial charge in [0, 0.05) is 23.5 Å². The average molecular weight is 392 g/mol. The molecule has 0 saturated carbocycles. The lowest BCUT2D eigenvalue weighted by molar-refractivity contribution is -0.142. The van der Waals surface area contributed by atoms with E-state index < -0.39 is 0 Å². The van der Waals surface area contributed by atoms with E-state index in [0.29, 0.717) is 18.0 Å². The zero-order valence-electron chi connectivity index (χ0n) is 18.0. The normalized spacial score (nSPS) is 16.1. The molecule has 1 aliphatic rings. The molecule has 5 nitrogen and oxygen atoms in total. The Labute approximate surface area is 172 Å². The largest absolute Gasteiger partial charge is 0.488 e. The highest BCUT2D eigenvalue weighted by Crippen LogP contribution is 2.45. The van der Waals surface area contributed by atoms with Crippen molar-refractivity contribution < 1.29 is 14.3 Å². The molecule has 0 spiro atoms. The number of fused-ring (bicyclic) bond motifs is 1. The van der Waals surface area contributed by atoms with Crippen molar-refractivity contribution in [1.82, 2.24) is 9.97 Å². The highest BCUT2D eigenvalue weighted by Gasteiger charge is 2.39. The fourth-order valence-corrected chi connectivity index (χ4v) is 3.91. The van der Waals surface area contributed by atoms with E-state index in [-0.39, 0.29) is 23.4 Å². The predicted molar refractivity (Wildman–Crippen MR) is 112 cm³/mol. The van der Waals surface area contributed by atoms with E-state index in [1.807, 2.05) is 6.92 Å². The molecule has 0 atom stereocenters. The molecule has 0 radical (unpaired) electrons. The second-order valence-electron chi connectivity index (χ2n) is 8.71. The summed E-state index contributed by atoms with van der Waals surface area (Å²) in [6.45, 7) is 12.9. The first-order valence-corrected chi connectivity index (χ1v) is 9.92. The van der Waals surface area contributed by atoms with Crippen molar-refractivity contribution in [2.24, 2.45) is 0 Å². The molecule has 0 saturated heterocycles. The fourth-order valence-electron chi connectivity index (χ4n) is 3.91. The number of hydrogen-bond acceptors (Lipinski definition) is 5. The van der Waals surface area contributed by atoms with Crippen LogP contribution in [0.3, 0.4) is 0 Å². The van der Waals surface area contributed by atoms with Crippen molar-refractivity contribution in [3.05, 3.63) is 52.6 Å². The van der Waals surface area contributed by atoms with Gasteiger partial charge in [-0.15, -0.1) is 0 Å². The minimum atomic E-state index is -0.330. The number of benzene rings is 1. The van der Waals surface area contributed by atoms with Crippen LogP contribution in [-0.2, 0) is 21.4 Å². The first kappa shape index (κ1) is 20.9. The molecule has 152 valence electrons. The maximum Gasteiger partial charge on any atom is 0.313 e. The smallest absolute Gasteiger partial charge is 0.313 e. The summed E-state index contributed by atoms with van der Waals surface area (Å²) < 4.78 is 11.1. The van der Waals surface area contributed by atoms with Crippen molar-refractivity contribution >= 4 is 5.97 Å². The van der Waals surface area contributed by atoms with E-state index in [2.05, 4.69) is 61.6 Å². The number of aryl methyl sites for hydroxylation is 1. The van der Waals surface area contributed by atoms with Crippen LogP contribution in [0.5, 0.6) is 5.75 Å². The number of esters is 1. The predicted octanol–water partition coefficient (Wildman–Crippen LogP) is 4.13. The summed E-state index contributed by atoms with van der Waals surface area (Å²) in [6, 6.07) is 4.23. The molecule has 0 aliphatic carbocycles. The molecule has 2 aromatic rings. The minimum Gasteiger partial charge on any atom is -0.488 e. The van der Waals surface area contributed by atoms with Crippen molar-refractivity contribution in [1.29, 1.82) is 0 Å². The molecule has 0 unspecified atom stereocenters. The second kappa shape index (κ2) is 7.87. The van der Waals surface area contributed by atoms with Gasteiger partial charge in [0.1, 0.15) is 23.6 Å². The zero-order chi connectivity index (χ0) is 21.2. The third-order valence-corrected chi connectivity index (χ3v) is 4.96. The first-order valence-electron chi connectivity index (χ1n) is 9.92. The maximum atomic E-state index is 11.5. The van der Waals surface area contributed by atoms with Crippen LogP contribution >= 0.6 is 0 Å². The van der Waals surface area contributed by atoms with Gasteiger partial charge in [-0.1, -0.05) is 25.7 Å². The molecule has 2 heterocycles. The molecule has 0 N–H and O–H groups in total. The zero-order valence-corrected chi connectivity index (χ0v) is 18.0. The van der Waals surface area contributed by atoms with Crippen LogP contribution in [0.25, 0.3) is 0 Å². The molecule has 5 heteroatoms. The highest BCUT2D eigenvalue weighted by atomic mass is 16.5. The number of carbonyl (C=O) groups excluding carboxylic acids is 1. The minimum absolute atomic E-state index is 0.0130. The number of ether oxygens (including phenoxy) is 2. The number of nitrogens with zero attached hydrogens (tertiary/aromatic N) is 2. The van der Waals surface area contributed by atoms with Gasteiger partial charge in [0.25, 0.3) is 0 Å². The average Bonchev–Trinajstić information content (AvgIpc) is 2.60. The topological polar surface area (TPSA) is 61.3 Å². The Morgan fingerprint density at radius 3 is 2.52 bits per heavy atom. The monoisotopic (exact) mass is 392 g/mol. The Morgan fingerprint density at radius 1 is 1.17 bits per heavy atom. The second-order valence-corrected chi connectivity index (χ2v) is 8.71. The molecule has 0 amide bonds. The van der Waals surface area contributed by atoms with Crippen LogP contribution < -0.4 is 4.74 Å². The molecule has 1 aromatic carbocycles. The van der Waals surface area contributed by atoms with Crippen LogP contribution in [0.1, 0.15) is 69.1 Å². The fraction of sp³-hybridized carbons (Fsp3) is 0.458. The van der Waals surface area contributed by atoms with E-state index in [4.69, 9.17) is 9.47 Å². The summed E-state index contributed by atoms with van der Waals surface area (Å²) in [5.74, 6) is 7.41. The van der Waals surface area contributed by atoms with Gasteiger partial charge in [-0.2, -0.15) is 0 Å². The Balaban J connectivity index is 1.84. The van der Waals surface area contributed by atoms with Crippen molar-refractivity contribution in [2.45, 2.75) is 65.4 Å². The van der Waals surface area contributed by atoms with Gasteiger partial charge < -0.3 is 9.47 Å². The number of carbonyl (C=O) groups is 1.